The van der Waals surface area contributed by atoms with E-state index in [1.165, 1.54) is 0 Å². The van der Waals surface area contributed by atoms with E-state index in [9.17, 15) is 0 Å². The highest BCUT2D eigenvalue weighted by Gasteiger charge is 2.25. The van der Waals surface area contributed by atoms with Crippen molar-refractivity contribution in [2.75, 3.05) is 13.4 Å². The standard InChI is InChI=1S/C10H13NO2S/c1-12-10-8(13-7-3-4-7)5-6-9(11-10)14-2/h5-7H,3-4H2,1-2H3. The lowest BCUT2D eigenvalue weighted by Gasteiger charge is -2.09. The summed E-state index contributed by atoms with van der Waals surface area (Å²) in [5, 5.41) is 0.949. The Hall–Kier alpha value is -0.900. The van der Waals surface area contributed by atoms with Crippen molar-refractivity contribution < 1.29 is 9.47 Å². The Balaban J connectivity index is 2.19. The zero-order valence-electron chi connectivity index (χ0n) is 8.32. The first kappa shape index (κ1) is 9.65. The van der Waals surface area contributed by atoms with Crippen LogP contribution in [0, 0.1) is 0 Å². The van der Waals surface area contributed by atoms with Crippen molar-refractivity contribution in [3.05, 3.63) is 12.1 Å². The van der Waals surface area contributed by atoms with Gasteiger partial charge in [0.25, 0.3) is 5.88 Å². The van der Waals surface area contributed by atoms with Crippen LogP contribution >= 0.6 is 11.8 Å². The summed E-state index contributed by atoms with van der Waals surface area (Å²) in [4.78, 5) is 4.31. The lowest BCUT2D eigenvalue weighted by atomic mass is 10.4. The van der Waals surface area contributed by atoms with Gasteiger partial charge >= 0.3 is 0 Å². The molecule has 1 heterocycles. The van der Waals surface area contributed by atoms with Crippen LogP contribution in [0.1, 0.15) is 12.8 Å². The van der Waals surface area contributed by atoms with Crippen LogP contribution in [0.4, 0.5) is 0 Å². The van der Waals surface area contributed by atoms with Crippen molar-refractivity contribution in [3.8, 4) is 11.6 Å². The van der Waals surface area contributed by atoms with Gasteiger partial charge in [0.05, 0.1) is 13.2 Å². The SMILES string of the molecule is COc1nc(SC)ccc1OC1CC1. The van der Waals surface area contributed by atoms with Crippen LogP contribution in [0.15, 0.2) is 17.2 Å². The van der Waals surface area contributed by atoms with Crippen LogP contribution in [-0.2, 0) is 0 Å². The summed E-state index contributed by atoms with van der Waals surface area (Å²) in [5.74, 6) is 1.34. The molecule has 0 radical (unpaired) electrons. The minimum Gasteiger partial charge on any atom is -0.485 e. The van der Waals surface area contributed by atoms with Crippen molar-refractivity contribution in [3.63, 3.8) is 0 Å². The van der Waals surface area contributed by atoms with Crippen molar-refractivity contribution in [1.82, 2.24) is 4.98 Å². The zero-order valence-corrected chi connectivity index (χ0v) is 9.13. The topological polar surface area (TPSA) is 31.4 Å². The number of nitrogens with zero attached hydrogens (tertiary/aromatic N) is 1. The largest absolute Gasteiger partial charge is 0.485 e. The lowest BCUT2D eigenvalue weighted by Crippen LogP contribution is -2.00. The smallest absolute Gasteiger partial charge is 0.257 e. The summed E-state index contributed by atoms with van der Waals surface area (Å²) in [5.41, 5.74) is 0. The number of ether oxygens (including phenoxy) is 2. The fourth-order valence-corrected chi connectivity index (χ4v) is 1.50. The van der Waals surface area contributed by atoms with Gasteiger partial charge in [0.15, 0.2) is 5.75 Å². The molecule has 0 N–H and O–H groups in total. The van der Waals surface area contributed by atoms with Gasteiger partial charge in [-0.3, -0.25) is 0 Å². The maximum atomic E-state index is 5.65. The third kappa shape index (κ3) is 2.12. The summed E-state index contributed by atoms with van der Waals surface area (Å²) in [6.07, 6.45) is 4.66. The number of hydrogen-bond donors (Lipinski definition) is 0. The molecule has 1 aromatic heterocycles. The van der Waals surface area contributed by atoms with E-state index in [-0.39, 0.29) is 0 Å². The third-order valence-electron chi connectivity index (χ3n) is 2.02. The molecule has 1 aliphatic rings. The highest BCUT2D eigenvalue weighted by atomic mass is 32.2. The molecule has 76 valence electrons. The van der Waals surface area contributed by atoms with Gasteiger partial charge in [0.1, 0.15) is 5.03 Å². The first-order chi connectivity index (χ1) is 6.83. The average Bonchev–Trinajstić information content (AvgIpc) is 3.02. The first-order valence-corrected chi connectivity index (χ1v) is 5.81. The molecule has 14 heavy (non-hydrogen) atoms. The second-order valence-corrected chi connectivity index (χ2v) is 4.00. The number of rotatable bonds is 4. The summed E-state index contributed by atoms with van der Waals surface area (Å²) < 4.78 is 10.8. The van der Waals surface area contributed by atoms with Crippen LogP contribution < -0.4 is 9.47 Å². The molecule has 0 atom stereocenters. The third-order valence-corrected chi connectivity index (χ3v) is 2.67. The molecule has 0 bridgehead atoms. The van der Waals surface area contributed by atoms with Crippen molar-refractivity contribution >= 4 is 11.8 Å². The predicted octanol–water partition coefficient (Wildman–Crippen LogP) is 2.35. The van der Waals surface area contributed by atoms with Crippen LogP contribution in [0.25, 0.3) is 0 Å². The van der Waals surface area contributed by atoms with Crippen LogP contribution in [0.5, 0.6) is 11.6 Å². The second kappa shape index (κ2) is 4.09. The molecular formula is C10H13NO2S. The highest BCUT2D eigenvalue weighted by molar-refractivity contribution is 7.98. The monoisotopic (exact) mass is 211 g/mol. The lowest BCUT2D eigenvalue weighted by molar-refractivity contribution is 0.275. The summed E-state index contributed by atoms with van der Waals surface area (Å²) >= 11 is 1.59. The fourth-order valence-electron chi connectivity index (χ4n) is 1.13. The predicted molar refractivity (Wildman–Crippen MR) is 56.2 cm³/mol. The minimum absolute atomic E-state index is 0.380. The van der Waals surface area contributed by atoms with E-state index in [4.69, 9.17) is 9.47 Å². The minimum atomic E-state index is 0.380. The Bertz CT molecular complexity index is 326. The molecule has 0 aromatic carbocycles. The van der Waals surface area contributed by atoms with Gasteiger partial charge < -0.3 is 9.47 Å². The number of methoxy groups -OCH3 is 1. The number of pyridine rings is 1. The summed E-state index contributed by atoms with van der Waals surface area (Å²) in [7, 11) is 1.62. The fraction of sp³-hybridized carbons (Fsp3) is 0.500. The number of hydrogen-bond acceptors (Lipinski definition) is 4. The first-order valence-electron chi connectivity index (χ1n) is 4.59. The molecule has 1 fully saturated rings. The molecule has 1 saturated carbocycles. The summed E-state index contributed by atoms with van der Waals surface area (Å²) in [6.45, 7) is 0. The molecule has 0 aliphatic heterocycles. The van der Waals surface area contributed by atoms with E-state index < -0.39 is 0 Å². The van der Waals surface area contributed by atoms with E-state index in [0.717, 1.165) is 23.6 Å². The Morgan fingerprint density at radius 1 is 1.43 bits per heavy atom. The summed E-state index contributed by atoms with van der Waals surface area (Å²) in [6, 6.07) is 3.88. The van der Waals surface area contributed by atoms with Crippen molar-refractivity contribution in [2.45, 2.75) is 24.0 Å². The molecule has 4 heteroatoms. The normalized spacial score (nSPS) is 15.3. The van der Waals surface area contributed by atoms with Gasteiger partial charge in [0.2, 0.25) is 0 Å². The molecule has 0 amide bonds. The Morgan fingerprint density at radius 3 is 2.79 bits per heavy atom. The molecule has 1 aliphatic carbocycles. The Morgan fingerprint density at radius 2 is 2.21 bits per heavy atom. The highest BCUT2D eigenvalue weighted by Crippen LogP contribution is 2.33. The van der Waals surface area contributed by atoms with Crippen LogP contribution in [0.2, 0.25) is 0 Å². The Labute approximate surface area is 87.8 Å². The van der Waals surface area contributed by atoms with Gasteiger partial charge in [0, 0.05) is 0 Å². The van der Waals surface area contributed by atoms with E-state index >= 15 is 0 Å². The van der Waals surface area contributed by atoms with Gasteiger partial charge in [-0.2, -0.15) is 0 Å². The number of aromatic nitrogens is 1. The van der Waals surface area contributed by atoms with Crippen LogP contribution in [0.3, 0.4) is 0 Å². The van der Waals surface area contributed by atoms with E-state index in [1.807, 2.05) is 18.4 Å². The number of thioether (sulfide) groups is 1. The maximum absolute atomic E-state index is 5.65. The van der Waals surface area contributed by atoms with Gasteiger partial charge in [-0.25, -0.2) is 4.98 Å². The van der Waals surface area contributed by atoms with E-state index in [2.05, 4.69) is 4.98 Å². The van der Waals surface area contributed by atoms with E-state index in [1.54, 1.807) is 18.9 Å². The molecule has 3 nitrogen and oxygen atoms in total. The van der Waals surface area contributed by atoms with E-state index in [0.29, 0.717) is 12.0 Å². The second-order valence-electron chi connectivity index (χ2n) is 3.18. The molecule has 2 rings (SSSR count). The van der Waals surface area contributed by atoms with Crippen molar-refractivity contribution in [1.29, 1.82) is 0 Å². The maximum Gasteiger partial charge on any atom is 0.257 e. The van der Waals surface area contributed by atoms with Gasteiger partial charge in [-0.15, -0.1) is 11.8 Å². The van der Waals surface area contributed by atoms with Gasteiger partial charge in [-0.1, -0.05) is 0 Å². The molecule has 0 spiro atoms. The molecule has 0 saturated heterocycles. The molecular weight excluding hydrogens is 198 g/mol. The molecule has 0 unspecified atom stereocenters. The quantitative estimate of drug-likeness (QED) is 0.715. The van der Waals surface area contributed by atoms with Crippen molar-refractivity contribution in [2.24, 2.45) is 0 Å². The Kier molecular flexibility index (Phi) is 2.82. The van der Waals surface area contributed by atoms with Crippen LogP contribution in [-0.4, -0.2) is 24.5 Å². The average molecular weight is 211 g/mol. The molecule has 1 aromatic rings. The zero-order chi connectivity index (χ0) is 9.97. The van der Waals surface area contributed by atoms with Gasteiger partial charge in [-0.05, 0) is 31.2 Å².